The van der Waals surface area contributed by atoms with Crippen LogP contribution in [0.3, 0.4) is 0 Å². The lowest BCUT2D eigenvalue weighted by Gasteiger charge is -2.32. The fraction of sp³-hybridized carbons (Fsp3) is 0.409. The number of rotatable bonds is 5. The predicted molar refractivity (Wildman–Crippen MR) is 117 cm³/mol. The number of hydrogen-bond acceptors (Lipinski definition) is 5. The Bertz CT molecular complexity index is 1150. The minimum Gasteiger partial charge on any atom is -0.364 e. The Morgan fingerprint density at radius 3 is 2.83 bits per heavy atom. The van der Waals surface area contributed by atoms with Crippen LogP contribution >= 0.6 is 0 Å². The molecule has 1 aliphatic carbocycles. The van der Waals surface area contributed by atoms with Crippen LogP contribution < -0.4 is 5.73 Å². The van der Waals surface area contributed by atoms with E-state index in [4.69, 9.17) is 5.73 Å². The summed E-state index contributed by atoms with van der Waals surface area (Å²) in [6.07, 6.45) is 6.13. The maximum absolute atomic E-state index is 12.3. The van der Waals surface area contributed by atoms with E-state index in [2.05, 4.69) is 27.1 Å². The van der Waals surface area contributed by atoms with E-state index in [1.54, 1.807) is 16.9 Å². The maximum Gasteiger partial charge on any atom is 0.267 e. The van der Waals surface area contributed by atoms with Crippen molar-refractivity contribution in [1.82, 2.24) is 19.7 Å². The van der Waals surface area contributed by atoms with Crippen molar-refractivity contribution in [3.8, 4) is 11.1 Å². The summed E-state index contributed by atoms with van der Waals surface area (Å²) in [5.41, 5.74) is 9.51. The summed E-state index contributed by atoms with van der Waals surface area (Å²) in [7, 11) is 1.17. The van der Waals surface area contributed by atoms with E-state index in [0.717, 1.165) is 53.0 Å². The quantitative estimate of drug-likeness (QED) is 0.678. The number of pyridine rings is 1. The van der Waals surface area contributed by atoms with Gasteiger partial charge in [0.1, 0.15) is 5.69 Å². The zero-order valence-electron chi connectivity index (χ0n) is 17.0. The standard InChI is InChI=1S/C22H25N5O2S/c1-26-12-16(10-24-26)18-9-20(22(23)28)25-19-8-14(2-5-17(18)19)11-27-6-7-30(29)21(13-27)15-3-4-15/h2,5,8-10,12,15,21H,3-4,6-7,11,13H2,1H3,(H2,23,28). The molecule has 0 spiro atoms. The molecule has 2 unspecified atom stereocenters. The van der Waals surface area contributed by atoms with Gasteiger partial charge in [-0.3, -0.25) is 18.6 Å². The highest BCUT2D eigenvalue weighted by molar-refractivity contribution is 7.85. The van der Waals surface area contributed by atoms with Crippen LogP contribution in [0.15, 0.2) is 36.7 Å². The fourth-order valence-corrected chi connectivity index (χ4v) is 6.15. The van der Waals surface area contributed by atoms with E-state index >= 15 is 0 Å². The molecule has 3 aromatic rings. The molecule has 2 fully saturated rings. The number of nitrogens with zero attached hydrogens (tertiary/aromatic N) is 4. The van der Waals surface area contributed by atoms with E-state index in [1.165, 1.54) is 12.8 Å². The van der Waals surface area contributed by atoms with Crippen molar-refractivity contribution in [3.63, 3.8) is 0 Å². The number of carbonyl (C=O) groups excluding carboxylic acids is 1. The maximum atomic E-state index is 12.3. The third kappa shape index (κ3) is 3.77. The summed E-state index contributed by atoms with van der Waals surface area (Å²) < 4.78 is 14.1. The Labute approximate surface area is 177 Å². The smallest absolute Gasteiger partial charge is 0.267 e. The van der Waals surface area contributed by atoms with Gasteiger partial charge in [0.25, 0.3) is 5.91 Å². The number of carbonyl (C=O) groups is 1. The lowest BCUT2D eigenvalue weighted by Crippen LogP contribution is -2.44. The number of aromatic nitrogens is 3. The number of hydrogen-bond donors (Lipinski definition) is 1. The van der Waals surface area contributed by atoms with Crippen LogP contribution in [-0.4, -0.2) is 53.9 Å². The average Bonchev–Trinajstić information content (AvgIpc) is 3.48. The largest absolute Gasteiger partial charge is 0.364 e. The van der Waals surface area contributed by atoms with Crippen LogP contribution in [0.25, 0.3) is 22.0 Å². The van der Waals surface area contributed by atoms with Crippen LogP contribution in [0.1, 0.15) is 28.9 Å². The van der Waals surface area contributed by atoms with Gasteiger partial charge in [-0.2, -0.15) is 5.10 Å². The summed E-state index contributed by atoms with van der Waals surface area (Å²) in [6.45, 7) is 2.54. The first-order valence-electron chi connectivity index (χ1n) is 10.3. The zero-order valence-corrected chi connectivity index (χ0v) is 17.8. The normalized spacial score (nSPS) is 22.4. The summed E-state index contributed by atoms with van der Waals surface area (Å²) in [5, 5.41) is 5.53. The second-order valence-corrected chi connectivity index (χ2v) is 10.1. The Morgan fingerprint density at radius 1 is 1.30 bits per heavy atom. The molecule has 1 aliphatic heterocycles. The number of aryl methyl sites for hydroxylation is 1. The van der Waals surface area contributed by atoms with Gasteiger partial charge in [-0.1, -0.05) is 12.1 Å². The minimum absolute atomic E-state index is 0.251. The SMILES string of the molecule is Cn1cc(-c2cc(C(N)=O)nc3cc(CN4CCS(=O)C(C5CC5)C4)ccc23)cn1. The van der Waals surface area contributed by atoms with Crippen molar-refractivity contribution >= 4 is 27.6 Å². The molecule has 3 heterocycles. The molecule has 2 N–H and O–H groups in total. The van der Waals surface area contributed by atoms with Gasteiger partial charge >= 0.3 is 0 Å². The summed E-state index contributed by atoms with van der Waals surface area (Å²) in [5.74, 6) is 0.856. The van der Waals surface area contributed by atoms with Crippen LogP contribution in [0, 0.1) is 5.92 Å². The van der Waals surface area contributed by atoms with Crippen molar-refractivity contribution in [2.24, 2.45) is 18.7 Å². The molecule has 1 saturated carbocycles. The highest BCUT2D eigenvalue weighted by Crippen LogP contribution is 2.37. The van der Waals surface area contributed by atoms with E-state index in [9.17, 15) is 9.00 Å². The van der Waals surface area contributed by atoms with Gasteiger partial charge in [0.2, 0.25) is 0 Å². The highest BCUT2D eigenvalue weighted by Gasteiger charge is 2.38. The van der Waals surface area contributed by atoms with Crippen molar-refractivity contribution in [3.05, 3.63) is 47.9 Å². The van der Waals surface area contributed by atoms with Crippen LogP contribution in [0.4, 0.5) is 0 Å². The van der Waals surface area contributed by atoms with Gasteiger partial charge in [-0.25, -0.2) is 4.98 Å². The van der Waals surface area contributed by atoms with Gasteiger partial charge in [0, 0.05) is 60.4 Å². The molecule has 1 amide bonds. The fourth-order valence-electron chi connectivity index (χ4n) is 4.33. The second kappa shape index (κ2) is 7.59. The molecular weight excluding hydrogens is 398 g/mol. The summed E-state index contributed by atoms with van der Waals surface area (Å²) >= 11 is 0. The minimum atomic E-state index is -0.691. The Kier molecular flexibility index (Phi) is 4.91. The molecule has 5 rings (SSSR count). The van der Waals surface area contributed by atoms with Gasteiger partial charge in [-0.05, 0) is 42.0 Å². The zero-order chi connectivity index (χ0) is 20.8. The van der Waals surface area contributed by atoms with Gasteiger partial charge in [-0.15, -0.1) is 0 Å². The first kappa shape index (κ1) is 19.4. The van der Waals surface area contributed by atoms with Crippen molar-refractivity contribution < 1.29 is 9.00 Å². The van der Waals surface area contributed by atoms with Gasteiger partial charge in [0.05, 0.1) is 17.0 Å². The number of benzene rings is 1. The number of amides is 1. The monoisotopic (exact) mass is 423 g/mol. The number of primary amides is 1. The van der Waals surface area contributed by atoms with Crippen molar-refractivity contribution in [1.29, 1.82) is 0 Å². The van der Waals surface area contributed by atoms with E-state index in [1.807, 2.05) is 19.3 Å². The Balaban J connectivity index is 1.47. The van der Waals surface area contributed by atoms with Crippen LogP contribution in [-0.2, 0) is 24.4 Å². The lowest BCUT2D eigenvalue weighted by molar-refractivity contribution is 0.0996. The van der Waals surface area contributed by atoms with E-state index in [0.29, 0.717) is 11.2 Å². The molecule has 2 atom stereocenters. The second-order valence-electron chi connectivity index (χ2n) is 8.37. The van der Waals surface area contributed by atoms with E-state index < -0.39 is 16.7 Å². The third-order valence-electron chi connectivity index (χ3n) is 6.08. The van der Waals surface area contributed by atoms with E-state index in [-0.39, 0.29) is 5.69 Å². The molecule has 0 radical (unpaired) electrons. The summed E-state index contributed by atoms with van der Waals surface area (Å²) in [4.78, 5) is 18.8. The van der Waals surface area contributed by atoms with Crippen LogP contribution in [0.2, 0.25) is 0 Å². The Morgan fingerprint density at radius 2 is 2.13 bits per heavy atom. The number of nitrogens with two attached hydrogens (primary N) is 1. The molecular formula is C22H25N5O2S. The highest BCUT2D eigenvalue weighted by atomic mass is 32.2. The molecule has 1 saturated heterocycles. The van der Waals surface area contributed by atoms with Crippen LogP contribution in [0.5, 0.6) is 0 Å². The molecule has 1 aromatic carbocycles. The summed E-state index contributed by atoms with van der Waals surface area (Å²) in [6, 6.07) is 7.96. The third-order valence-corrected chi connectivity index (χ3v) is 7.88. The molecule has 0 bridgehead atoms. The van der Waals surface area contributed by atoms with Gasteiger partial charge in [0.15, 0.2) is 0 Å². The van der Waals surface area contributed by atoms with Crippen molar-refractivity contribution in [2.45, 2.75) is 24.6 Å². The molecule has 156 valence electrons. The predicted octanol–water partition coefficient (Wildman–Crippen LogP) is 2.08. The molecule has 7 nitrogen and oxygen atoms in total. The van der Waals surface area contributed by atoms with Gasteiger partial charge < -0.3 is 5.73 Å². The number of fused-ring (bicyclic) bond motifs is 1. The first-order chi connectivity index (χ1) is 14.5. The van der Waals surface area contributed by atoms with Crippen molar-refractivity contribution in [2.75, 3.05) is 18.8 Å². The molecule has 30 heavy (non-hydrogen) atoms. The molecule has 2 aliphatic rings. The molecule has 8 heteroatoms. The Hall–Kier alpha value is -2.58. The average molecular weight is 424 g/mol. The first-order valence-corrected chi connectivity index (χ1v) is 11.7. The molecule has 2 aromatic heterocycles. The lowest BCUT2D eigenvalue weighted by atomic mass is 10.0. The topological polar surface area (TPSA) is 94.1 Å².